The molecule has 92 valence electrons. The molecule has 0 spiro atoms. The van der Waals surface area contributed by atoms with E-state index in [-0.39, 0.29) is 14.9 Å². The van der Waals surface area contributed by atoms with Crippen LogP contribution in [0.25, 0.3) is 0 Å². The summed E-state index contributed by atoms with van der Waals surface area (Å²) in [6.45, 7) is 4.24. The molecule has 0 aliphatic carbocycles. The quantitative estimate of drug-likeness (QED) is 0.665. The summed E-state index contributed by atoms with van der Waals surface area (Å²) in [6, 6.07) is 17.5. The number of hydrogen-bond donors (Lipinski definition) is 0. The van der Waals surface area contributed by atoms with Crippen LogP contribution in [0.2, 0.25) is 0 Å². The lowest BCUT2D eigenvalue weighted by Crippen LogP contribution is -1.88. The summed E-state index contributed by atoms with van der Waals surface area (Å²) in [6.07, 6.45) is 1.03. The third-order valence-corrected chi connectivity index (χ3v) is 2.65. The predicted octanol–water partition coefficient (Wildman–Crippen LogP) is 5.17. The van der Waals surface area contributed by atoms with Crippen molar-refractivity contribution >= 4 is 0 Å². The highest BCUT2D eigenvalue weighted by Gasteiger charge is 1.95. The Hall–Kier alpha value is -1.56. The monoisotopic (exact) mass is 228 g/mol. The highest BCUT2D eigenvalue weighted by molar-refractivity contribution is 5.29. The van der Waals surface area contributed by atoms with Crippen molar-refractivity contribution in [2.75, 3.05) is 0 Å². The van der Waals surface area contributed by atoms with E-state index in [0.29, 0.717) is 0 Å². The largest absolute Gasteiger partial charge is 0.0776 e. The first-order valence-corrected chi connectivity index (χ1v) is 5.35. The van der Waals surface area contributed by atoms with Crippen LogP contribution >= 0.6 is 0 Å². The fourth-order valence-electron chi connectivity index (χ4n) is 1.65. The molecule has 2 rings (SSSR count). The molecule has 0 heterocycles. The lowest BCUT2D eigenvalue weighted by Gasteiger charge is -2.03. The van der Waals surface area contributed by atoms with Gasteiger partial charge in [-0.1, -0.05) is 74.5 Å². The van der Waals surface area contributed by atoms with Gasteiger partial charge in [0.25, 0.3) is 0 Å². The average Bonchev–Trinajstić information content (AvgIpc) is 2.25. The Morgan fingerprint density at radius 3 is 1.18 bits per heavy atom. The molecule has 2 aromatic carbocycles. The van der Waals surface area contributed by atoms with Crippen LogP contribution < -0.4 is 0 Å². The van der Waals surface area contributed by atoms with Gasteiger partial charge in [0.15, 0.2) is 0 Å². The van der Waals surface area contributed by atoms with Gasteiger partial charge < -0.3 is 0 Å². The SMILES string of the molecule is C.C.Cc1ccc(Cc2ccc(C)cc2)cc1. The highest BCUT2D eigenvalue weighted by Crippen LogP contribution is 2.11. The van der Waals surface area contributed by atoms with Crippen LogP contribution in [0.5, 0.6) is 0 Å². The fourth-order valence-corrected chi connectivity index (χ4v) is 1.65. The second-order valence-corrected chi connectivity index (χ2v) is 4.15. The van der Waals surface area contributed by atoms with E-state index >= 15 is 0 Å². The number of hydrogen-bond acceptors (Lipinski definition) is 0. The Kier molecular flexibility index (Phi) is 6.27. The molecule has 0 heteroatoms. The summed E-state index contributed by atoms with van der Waals surface area (Å²) >= 11 is 0. The van der Waals surface area contributed by atoms with E-state index in [0.717, 1.165) is 6.42 Å². The van der Waals surface area contributed by atoms with E-state index in [1.807, 2.05) is 0 Å². The van der Waals surface area contributed by atoms with Gasteiger partial charge in [-0.15, -0.1) is 0 Å². The maximum absolute atomic E-state index is 2.20. The van der Waals surface area contributed by atoms with Crippen LogP contribution in [0.4, 0.5) is 0 Å². The molecule has 0 fully saturated rings. The Bertz CT molecular complexity index is 377. The molecule has 0 atom stereocenters. The van der Waals surface area contributed by atoms with E-state index in [9.17, 15) is 0 Å². The zero-order valence-electron chi connectivity index (χ0n) is 9.33. The molecule has 0 unspecified atom stereocenters. The number of benzene rings is 2. The molecule has 17 heavy (non-hydrogen) atoms. The van der Waals surface area contributed by atoms with Crippen molar-refractivity contribution in [1.29, 1.82) is 0 Å². The van der Waals surface area contributed by atoms with E-state index < -0.39 is 0 Å². The van der Waals surface area contributed by atoms with Crippen LogP contribution in [0, 0.1) is 13.8 Å². The van der Waals surface area contributed by atoms with Crippen LogP contribution in [-0.4, -0.2) is 0 Å². The molecule has 2 aromatic rings. The number of rotatable bonds is 2. The Morgan fingerprint density at radius 1 is 0.588 bits per heavy atom. The molecular weight excluding hydrogens is 204 g/mol. The van der Waals surface area contributed by atoms with Crippen molar-refractivity contribution in [1.82, 2.24) is 0 Å². The van der Waals surface area contributed by atoms with Crippen molar-refractivity contribution < 1.29 is 0 Å². The zero-order valence-corrected chi connectivity index (χ0v) is 9.33. The van der Waals surface area contributed by atoms with Gasteiger partial charge in [-0.25, -0.2) is 0 Å². The minimum absolute atomic E-state index is 0. The molecule has 0 N–H and O–H groups in total. The molecular formula is C17H24. The third-order valence-electron chi connectivity index (χ3n) is 2.65. The molecule has 0 bridgehead atoms. The van der Waals surface area contributed by atoms with Crippen molar-refractivity contribution in [3.05, 3.63) is 70.8 Å². The van der Waals surface area contributed by atoms with E-state index in [4.69, 9.17) is 0 Å². The Balaban J connectivity index is 0.00000128. The van der Waals surface area contributed by atoms with Gasteiger partial charge in [0.1, 0.15) is 0 Å². The lowest BCUT2D eigenvalue weighted by molar-refractivity contribution is 1.18. The van der Waals surface area contributed by atoms with Gasteiger partial charge in [-0.05, 0) is 31.4 Å². The van der Waals surface area contributed by atoms with Crippen molar-refractivity contribution in [3.63, 3.8) is 0 Å². The van der Waals surface area contributed by atoms with Crippen molar-refractivity contribution in [2.24, 2.45) is 0 Å². The van der Waals surface area contributed by atoms with Gasteiger partial charge in [0, 0.05) is 0 Å². The van der Waals surface area contributed by atoms with E-state index in [1.165, 1.54) is 22.3 Å². The summed E-state index contributed by atoms with van der Waals surface area (Å²) in [5.74, 6) is 0. The third kappa shape index (κ3) is 4.44. The molecule has 0 radical (unpaired) electrons. The summed E-state index contributed by atoms with van der Waals surface area (Å²) in [5.41, 5.74) is 5.40. The van der Waals surface area contributed by atoms with Crippen LogP contribution in [0.1, 0.15) is 37.1 Å². The molecule has 0 aromatic heterocycles. The van der Waals surface area contributed by atoms with Gasteiger partial charge in [-0.2, -0.15) is 0 Å². The zero-order chi connectivity index (χ0) is 10.7. The first-order chi connectivity index (χ1) is 7.24. The topological polar surface area (TPSA) is 0 Å². The minimum Gasteiger partial charge on any atom is -0.0776 e. The second kappa shape index (κ2) is 6.90. The fraction of sp³-hybridized carbons (Fsp3) is 0.294. The normalized spacial score (nSPS) is 9.06. The van der Waals surface area contributed by atoms with Crippen LogP contribution in [0.3, 0.4) is 0 Å². The molecule has 0 amide bonds. The predicted molar refractivity (Wildman–Crippen MR) is 78.6 cm³/mol. The van der Waals surface area contributed by atoms with Gasteiger partial charge in [0.05, 0.1) is 0 Å². The summed E-state index contributed by atoms with van der Waals surface area (Å²) in [5, 5.41) is 0. The van der Waals surface area contributed by atoms with Crippen molar-refractivity contribution in [3.8, 4) is 0 Å². The molecule has 0 nitrogen and oxygen atoms in total. The maximum atomic E-state index is 2.20. The first-order valence-electron chi connectivity index (χ1n) is 5.35. The summed E-state index contributed by atoms with van der Waals surface area (Å²) < 4.78 is 0. The molecule has 0 saturated heterocycles. The Labute approximate surface area is 106 Å². The molecule has 0 aliphatic rings. The maximum Gasteiger partial charge on any atom is -0.00258 e. The lowest BCUT2D eigenvalue weighted by atomic mass is 10.0. The van der Waals surface area contributed by atoms with Crippen molar-refractivity contribution in [2.45, 2.75) is 35.1 Å². The van der Waals surface area contributed by atoms with Gasteiger partial charge >= 0.3 is 0 Å². The Morgan fingerprint density at radius 2 is 0.882 bits per heavy atom. The number of aryl methyl sites for hydroxylation is 2. The highest BCUT2D eigenvalue weighted by atomic mass is 14.0. The van der Waals surface area contributed by atoms with Gasteiger partial charge in [0.2, 0.25) is 0 Å². The van der Waals surface area contributed by atoms with E-state index in [2.05, 4.69) is 62.4 Å². The second-order valence-electron chi connectivity index (χ2n) is 4.15. The summed E-state index contributed by atoms with van der Waals surface area (Å²) in [4.78, 5) is 0. The molecule has 0 aliphatic heterocycles. The van der Waals surface area contributed by atoms with Crippen LogP contribution in [-0.2, 0) is 6.42 Å². The standard InChI is InChI=1S/C15H16.2CH4/c1-12-3-7-14(8-4-12)11-15-9-5-13(2)6-10-15;;/h3-10H,11H2,1-2H3;2*1H4. The van der Waals surface area contributed by atoms with Gasteiger partial charge in [-0.3, -0.25) is 0 Å². The average molecular weight is 228 g/mol. The minimum atomic E-state index is 0. The van der Waals surface area contributed by atoms with E-state index in [1.54, 1.807) is 0 Å². The first kappa shape index (κ1) is 15.4. The summed E-state index contributed by atoms with van der Waals surface area (Å²) in [7, 11) is 0. The van der Waals surface area contributed by atoms with Crippen LogP contribution in [0.15, 0.2) is 48.5 Å². The smallest absolute Gasteiger partial charge is 0.00258 e. The molecule has 0 saturated carbocycles.